The van der Waals surface area contributed by atoms with Crippen molar-refractivity contribution >= 4 is 39.2 Å². The van der Waals surface area contributed by atoms with E-state index in [9.17, 15) is 5.26 Å². The van der Waals surface area contributed by atoms with Crippen molar-refractivity contribution in [2.45, 2.75) is 13.5 Å². The van der Waals surface area contributed by atoms with Crippen LogP contribution in [0.1, 0.15) is 23.6 Å². The van der Waals surface area contributed by atoms with Crippen LogP contribution in [0.4, 0.5) is 0 Å². The van der Waals surface area contributed by atoms with Gasteiger partial charge in [-0.05, 0) is 82.5 Å². The first-order valence-electron chi connectivity index (χ1n) is 9.64. The molecule has 0 saturated carbocycles. The maximum absolute atomic E-state index is 9.67. The lowest BCUT2D eigenvalue weighted by atomic mass is 10.0. The lowest BCUT2D eigenvalue weighted by molar-refractivity contribution is 0.267. The molecule has 0 aliphatic carbocycles. The van der Waals surface area contributed by atoms with Crippen LogP contribution in [0.15, 0.2) is 65.1 Å². The number of halogens is 2. The van der Waals surface area contributed by atoms with Crippen molar-refractivity contribution in [2.24, 2.45) is 0 Å². The van der Waals surface area contributed by atoms with Crippen molar-refractivity contribution in [3.8, 4) is 23.3 Å². The predicted octanol–water partition coefficient (Wildman–Crippen LogP) is 7.15. The molecule has 0 fully saturated rings. The van der Waals surface area contributed by atoms with E-state index in [2.05, 4.69) is 22.0 Å². The molecule has 0 unspecified atom stereocenters. The Kier molecular flexibility index (Phi) is 8.00. The van der Waals surface area contributed by atoms with Crippen molar-refractivity contribution in [3.63, 3.8) is 0 Å². The standard InChI is InChI=1S/C25H21BrClNO3/c1-3-30-24-14-17(12-20(15-28)18-8-10-21(29-2)11-9-18)13-22(26)25(24)31-16-19-6-4-5-7-23(19)27/h4-14H,3,16H2,1-2H3/b20-12+. The molecule has 158 valence electrons. The van der Waals surface area contributed by atoms with Gasteiger partial charge in [-0.25, -0.2) is 0 Å². The molecular formula is C25H21BrClNO3. The van der Waals surface area contributed by atoms with E-state index in [0.29, 0.717) is 35.3 Å². The number of allylic oxidation sites excluding steroid dienone is 1. The van der Waals surface area contributed by atoms with Gasteiger partial charge in [0.1, 0.15) is 12.4 Å². The van der Waals surface area contributed by atoms with E-state index in [1.807, 2.05) is 73.7 Å². The van der Waals surface area contributed by atoms with Gasteiger partial charge < -0.3 is 14.2 Å². The smallest absolute Gasteiger partial charge is 0.175 e. The molecule has 0 N–H and O–H groups in total. The van der Waals surface area contributed by atoms with Gasteiger partial charge in [0, 0.05) is 10.6 Å². The maximum Gasteiger partial charge on any atom is 0.175 e. The van der Waals surface area contributed by atoms with Gasteiger partial charge in [-0.15, -0.1) is 0 Å². The van der Waals surface area contributed by atoms with E-state index >= 15 is 0 Å². The highest BCUT2D eigenvalue weighted by molar-refractivity contribution is 9.10. The zero-order valence-electron chi connectivity index (χ0n) is 17.2. The predicted molar refractivity (Wildman–Crippen MR) is 128 cm³/mol. The van der Waals surface area contributed by atoms with Gasteiger partial charge in [0.25, 0.3) is 0 Å². The third kappa shape index (κ3) is 5.81. The number of ether oxygens (including phenoxy) is 3. The fraction of sp³-hybridized carbons (Fsp3) is 0.160. The summed E-state index contributed by atoms with van der Waals surface area (Å²) in [5.74, 6) is 1.91. The number of nitriles is 1. The third-order valence-corrected chi connectivity index (χ3v) is 5.45. The average Bonchev–Trinajstić information content (AvgIpc) is 2.78. The van der Waals surface area contributed by atoms with Crippen LogP contribution in [-0.4, -0.2) is 13.7 Å². The summed E-state index contributed by atoms with van der Waals surface area (Å²) in [6.45, 7) is 2.70. The lowest BCUT2D eigenvalue weighted by Gasteiger charge is -2.15. The van der Waals surface area contributed by atoms with Crippen LogP contribution >= 0.6 is 27.5 Å². The second-order valence-corrected chi connectivity index (χ2v) is 7.80. The summed E-state index contributed by atoms with van der Waals surface area (Å²) in [5, 5.41) is 10.3. The van der Waals surface area contributed by atoms with Crippen molar-refractivity contribution in [1.29, 1.82) is 5.26 Å². The number of hydrogen-bond acceptors (Lipinski definition) is 4. The first-order chi connectivity index (χ1) is 15.0. The van der Waals surface area contributed by atoms with E-state index in [-0.39, 0.29) is 0 Å². The van der Waals surface area contributed by atoms with Crippen LogP contribution in [0, 0.1) is 11.3 Å². The number of hydrogen-bond donors (Lipinski definition) is 0. The van der Waals surface area contributed by atoms with Gasteiger partial charge in [-0.2, -0.15) is 5.26 Å². The minimum Gasteiger partial charge on any atom is -0.497 e. The van der Waals surface area contributed by atoms with Crippen molar-refractivity contribution < 1.29 is 14.2 Å². The lowest BCUT2D eigenvalue weighted by Crippen LogP contribution is -2.01. The molecule has 31 heavy (non-hydrogen) atoms. The second kappa shape index (κ2) is 10.9. The Balaban J connectivity index is 1.92. The Hall–Kier alpha value is -2.94. The fourth-order valence-electron chi connectivity index (χ4n) is 2.96. The third-order valence-electron chi connectivity index (χ3n) is 4.49. The molecule has 3 aromatic carbocycles. The topological polar surface area (TPSA) is 51.5 Å². The zero-order chi connectivity index (χ0) is 22.2. The van der Waals surface area contributed by atoms with E-state index in [1.54, 1.807) is 7.11 Å². The van der Waals surface area contributed by atoms with Crippen molar-refractivity contribution in [3.05, 3.63) is 86.8 Å². The number of rotatable bonds is 8. The molecule has 6 heteroatoms. The van der Waals surface area contributed by atoms with Gasteiger partial charge >= 0.3 is 0 Å². The largest absolute Gasteiger partial charge is 0.497 e. The van der Waals surface area contributed by atoms with Gasteiger partial charge in [0.2, 0.25) is 0 Å². The molecule has 4 nitrogen and oxygen atoms in total. The van der Waals surface area contributed by atoms with Gasteiger partial charge in [0.15, 0.2) is 11.5 Å². The van der Waals surface area contributed by atoms with E-state index in [1.165, 1.54) is 0 Å². The Labute approximate surface area is 195 Å². The van der Waals surface area contributed by atoms with Crippen LogP contribution < -0.4 is 14.2 Å². The number of nitrogens with zero attached hydrogens (tertiary/aromatic N) is 1. The molecule has 3 aromatic rings. The summed E-state index contributed by atoms with van der Waals surface area (Å²) < 4.78 is 17.8. The normalized spacial score (nSPS) is 11.0. The van der Waals surface area contributed by atoms with Crippen molar-refractivity contribution in [2.75, 3.05) is 13.7 Å². The molecular weight excluding hydrogens is 478 g/mol. The Bertz CT molecular complexity index is 1120. The molecule has 0 amide bonds. The van der Waals surface area contributed by atoms with Crippen LogP contribution in [0.25, 0.3) is 11.6 Å². The Morgan fingerprint density at radius 3 is 2.48 bits per heavy atom. The monoisotopic (exact) mass is 497 g/mol. The summed E-state index contributed by atoms with van der Waals surface area (Å²) in [6, 6.07) is 20.9. The van der Waals surface area contributed by atoms with E-state index in [0.717, 1.165) is 26.9 Å². The van der Waals surface area contributed by atoms with Crippen LogP contribution in [0.5, 0.6) is 17.2 Å². The molecule has 0 spiro atoms. The highest BCUT2D eigenvalue weighted by Gasteiger charge is 2.14. The second-order valence-electron chi connectivity index (χ2n) is 6.54. The quantitative estimate of drug-likeness (QED) is 0.244. The summed E-state index contributed by atoms with van der Waals surface area (Å²) in [6.07, 6.45) is 1.81. The molecule has 0 bridgehead atoms. The first-order valence-corrected chi connectivity index (χ1v) is 10.8. The SMILES string of the molecule is CCOc1cc(/C=C(\C#N)c2ccc(OC)cc2)cc(Br)c1OCc1ccccc1Cl. The van der Waals surface area contributed by atoms with Crippen LogP contribution in [0.2, 0.25) is 5.02 Å². The van der Waals surface area contributed by atoms with E-state index < -0.39 is 0 Å². The number of methoxy groups -OCH3 is 1. The van der Waals surface area contributed by atoms with E-state index in [4.69, 9.17) is 25.8 Å². The molecule has 3 rings (SSSR count). The molecule has 0 saturated heterocycles. The molecule has 0 aromatic heterocycles. The number of benzene rings is 3. The van der Waals surface area contributed by atoms with Gasteiger partial charge in [-0.3, -0.25) is 0 Å². The molecule has 0 aliphatic heterocycles. The molecule has 0 atom stereocenters. The highest BCUT2D eigenvalue weighted by atomic mass is 79.9. The van der Waals surface area contributed by atoms with Crippen LogP contribution in [0.3, 0.4) is 0 Å². The zero-order valence-corrected chi connectivity index (χ0v) is 19.5. The van der Waals surface area contributed by atoms with Gasteiger partial charge in [-0.1, -0.05) is 29.8 Å². The van der Waals surface area contributed by atoms with Crippen molar-refractivity contribution in [1.82, 2.24) is 0 Å². The maximum atomic E-state index is 9.67. The highest BCUT2D eigenvalue weighted by Crippen LogP contribution is 2.38. The molecule has 0 heterocycles. The summed E-state index contributed by atoms with van der Waals surface area (Å²) in [5.41, 5.74) is 3.03. The molecule has 0 aliphatic rings. The first kappa shape index (κ1) is 22.7. The minimum atomic E-state index is 0.308. The van der Waals surface area contributed by atoms with Crippen LogP contribution in [-0.2, 0) is 6.61 Å². The fourth-order valence-corrected chi connectivity index (χ4v) is 3.72. The average molecular weight is 499 g/mol. The Morgan fingerprint density at radius 1 is 1.10 bits per heavy atom. The molecule has 0 radical (unpaired) electrons. The minimum absolute atomic E-state index is 0.308. The summed E-state index contributed by atoms with van der Waals surface area (Å²) in [4.78, 5) is 0. The van der Waals surface area contributed by atoms with Gasteiger partial charge in [0.05, 0.1) is 29.8 Å². The Morgan fingerprint density at radius 2 is 1.84 bits per heavy atom. The summed E-state index contributed by atoms with van der Waals surface area (Å²) in [7, 11) is 1.61. The summed E-state index contributed by atoms with van der Waals surface area (Å²) >= 11 is 9.82.